The van der Waals surface area contributed by atoms with Gasteiger partial charge in [0.2, 0.25) is 0 Å². The van der Waals surface area contributed by atoms with Crippen LogP contribution in [-0.4, -0.2) is 26.2 Å². The molecule has 2 nitrogen and oxygen atoms in total. The zero-order valence-electron chi connectivity index (χ0n) is 14.6. The Morgan fingerprint density at radius 3 is 2.52 bits per heavy atom. The smallest absolute Gasteiger partial charge is 0.127 e. The summed E-state index contributed by atoms with van der Waals surface area (Å²) < 4.78 is 6.04. The molecule has 23 heavy (non-hydrogen) atoms. The van der Waals surface area contributed by atoms with Crippen molar-refractivity contribution in [3.8, 4) is 5.75 Å². The Hall–Kier alpha value is -1.54. The fourth-order valence-electron chi connectivity index (χ4n) is 4.11. The molecule has 0 aromatic heterocycles. The molecule has 3 rings (SSSR count). The number of ether oxygens (including phenoxy) is 1. The fraction of sp³-hybridized carbons (Fsp3) is 0.524. The molecule has 0 bridgehead atoms. The molecule has 1 saturated heterocycles. The number of quaternary nitrogens is 1. The van der Waals surface area contributed by atoms with Gasteiger partial charge in [-0.25, -0.2) is 0 Å². The van der Waals surface area contributed by atoms with Crippen LogP contribution in [0, 0.1) is 11.8 Å². The standard InChI is InChI=1S/C21H29NO/c1-17-14-18(2)16-22(15-17)12-5-6-13-23-21-11-7-9-19-8-3-4-10-20(19)21/h3-4,7-11,17-18H,5-6,12-16H2,1-2H3/p+1/t17-,18-/m0/s1. The molecule has 2 atom stereocenters. The van der Waals surface area contributed by atoms with E-state index in [4.69, 9.17) is 4.74 Å². The first kappa shape index (κ1) is 16.3. The third-order valence-electron chi connectivity index (χ3n) is 5.01. The molecule has 0 unspecified atom stereocenters. The summed E-state index contributed by atoms with van der Waals surface area (Å²) in [5.74, 6) is 2.80. The van der Waals surface area contributed by atoms with Gasteiger partial charge in [0.25, 0.3) is 0 Å². The molecule has 2 heteroatoms. The minimum absolute atomic E-state index is 0.826. The molecule has 0 aliphatic carbocycles. The Morgan fingerprint density at radius 2 is 1.70 bits per heavy atom. The van der Waals surface area contributed by atoms with Gasteiger partial charge < -0.3 is 9.64 Å². The van der Waals surface area contributed by atoms with Crippen LogP contribution in [-0.2, 0) is 0 Å². The number of rotatable bonds is 6. The van der Waals surface area contributed by atoms with Gasteiger partial charge in [0, 0.05) is 17.2 Å². The number of fused-ring (bicyclic) bond motifs is 1. The maximum absolute atomic E-state index is 6.04. The Balaban J connectivity index is 1.43. The van der Waals surface area contributed by atoms with Gasteiger partial charge >= 0.3 is 0 Å². The third-order valence-corrected chi connectivity index (χ3v) is 5.01. The van der Waals surface area contributed by atoms with E-state index in [1.54, 1.807) is 4.90 Å². The van der Waals surface area contributed by atoms with Crippen LogP contribution in [0.4, 0.5) is 0 Å². The van der Waals surface area contributed by atoms with Crippen LogP contribution in [0.2, 0.25) is 0 Å². The topological polar surface area (TPSA) is 13.7 Å². The molecule has 0 spiro atoms. The summed E-state index contributed by atoms with van der Waals surface area (Å²) in [6, 6.07) is 14.8. The highest BCUT2D eigenvalue weighted by atomic mass is 16.5. The first-order chi connectivity index (χ1) is 11.2. The van der Waals surface area contributed by atoms with E-state index in [1.165, 1.54) is 43.2 Å². The minimum Gasteiger partial charge on any atom is -0.493 e. The van der Waals surface area contributed by atoms with Gasteiger partial charge in [-0.3, -0.25) is 0 Å². The van der Waals surface area contributed by atoms with E-state index in [0.29, 0.717) is 0 Å². The first-order valence-electron chi connectivity index (χ1n) is 9.16. The number of benzene rings is 2. The fourth-order valence-corrected chi connectivity index (χ4v) is 4.11. The second kappa shape index (κ2) is 7.83. The second-order valence-electron chi connectivity index (χ2n) is 7.39. The van der Waals surface area contributed by atoms with Crippen LogP contribution in [0.5, 0.6) is 5.75 Å². The van der Waals surface area contributed by atoms with Crippen molar-refractivity contribution >= 4 is 10.8 Å². The van der Waals surface area contributed by atoms with Gasteiger partial charge in [0.15, 0.2) is 0 Å². The third kappa shape index (κ3) is 4.48. The molecule has 1 N–H and O–H groups in total. The minimum atomic E-state index is 0.826. The van der Waals surface area contributed by atoms with Crippen LogP contribution >= 0.6 is 0 Å². The van der Waals surface area contributed by atoms with Gasteiger partial charge in [-0.05, 0) is 30.7 Å². The average molecular weight is 312 g/mol. The summed E-state index contributed by atoms with van der Waals surface area (Å²) in [5.41, 5.74) is 0. The molecule has 0 amide bonds. The zero-order valence-corrected chi connectivity index (χ0v) is 14.6. The van der Waals surface area contributed by atoms with Crippen molar-refractivity contribution in [2.45, 2.75) is 33.1 Å². The van der Waals surface area contributed by atoms with E-state index in [2.05, 4.69) is 56.3 Å². The highest BCUT2D eigenvalue weighted by molar-refractivity contribution is 5.88. The maximum atomic E-state index is 6.04. The predicted octanol–water partition coefficient (Wildman–Crippen LogP) is 3.56. The lowest BCUT2D eigenvalue weighted by atomic mass is 9.92. The lowest BCUT2D eigenvalue weighted by Crippen LogP contribution is -3.14. The van der Waals surface area contributed by atoms with Crippen LogP contribution < -0.4 is 9.64 Å². The Morgan fingerprint density at radius 1 is 0.957 bits per heavy atom. The normalized spacial score (nSPS) is 24.7. The molecule has 1 fully saturated rings. The average Bonchev–Trinajstić information content (AvgIpc) is 2.54. The maximum Gasteiger partial charge on any atom is 0.127 e. The van der Waals surface area contributed by atoms with Crippen LogP contribution in [0.3, 0.4) is 0 Å². The number of hydrogen-bond donors (Lipinski definition) is 1. The highest BCUT2D eigenvalue weighted by Gasteiger charge is 2.24. The number of likely N-dealkylation sites (tertiary alicyclic amines) is 1. The zero-order chi connectivity index (χ0) is 16.1. The lowest BCUT2D eigenvalue weighted by Gasteiger charge is -2.32. The molecule has 124 valence electrons. The van der Waals surface area contributed by atoms with Crippen molar-refractivity contribution in [2.75, 3.05) is 26.2 Å². The number of nitrogens with one attached hydrogen (secondary N) is 1. The molecule has 2 aromatic rings. The Labute approximate surface area is 140 Å². The molecule has 1 heterocycles. The van der Waals surface area contributed by atoms with Gasteiger partial charge in [0.05, 0.1) is 26.2 Å². The Kier molecular flexibility index (Phi) is 5.56. The quantitative estimate of drug-likeness (QED) is 0.805. The van der Waals surface area contributed by atoms with Crippen molar-refractivity contribution in [1.29, 1.82) is 0 Å². The van der Waals surface area contributed by atoms with Crippen LogP contribution in [0.25, 0.3) is 10.8 Å². The van der Waals surface area contributed by atoms with E-state index in [9.17, 15) is 0 Å². The van der Waals surface area contributed by atoms with Crippen LogP contribution in [0.15, 0.2) is 42.5 Å². The molecule has 0 saturated carbocycles. The van der Waals surface area contributed by atoms with Crippen LogP contribution in [0.1, 0.15) is 33.1 Å². The highest BCUT2D eigenvalue weighted by Crippen LogP contribution is 2.25. The van der Waals surface area contributed by atoms with Crippen molar-refractivity contribution in [3.63, 3.8) is 0 Å². The van der Waals surface area contributed by atoms with E-state index in [0.717, 1.165) is 30.6 Å². The van der Waals surface area contributed by atoms with Crippen molar-refractivity contribution < 1.29 is 9.64 Å². The summed E-state index contributed by atoms with van der Waals surface area (Å²) in [4.78, 5) is 1.79. The lowest BCUT2D eigenvalue weighted by molar-refractivity contribution is -0.912. The molecule has 0 radical (unpaired) electrons. The second-order valence-corrected chi connectivity index (χ2v) is 7.39. The molecule has 1 aliphatic heterocycles. The summed E-state index contributed by atoms with van der Waals surface area (Å²) in [6.45, 7) is 9.64. The van der Waals surface area contributed by atoms with Gasteiger partial charge in [-0.15, -0.1) is 0 Å². The molecule has 2 aromatic carbocycles. The largest absolute Gasteiger partial charge is 0.493 e. The van der Waals surface area contributed by atoms with E-state index in [-0.39, 0.29) is 0 Å². The van der Waals surface area contributed by atoms with Crippen molar-refractivity contribution in [1.82, 2.24) is 0 Å². The molecular formula is C21H30NO+. The van der Waals surface area contributed by atoms with Crippen molar-refractivity contribution in [2.24, 2.45) is 11.8 Å². The summed E-state index contributed by atoms with van der Waals surface area (Å²) in [7, 11) is 0. The molecular weight excluding hydrogens is 282 g/mol. The molecule has 1 aliphatic rings. The summed E-state index contributed by atoms with van der Waals surface area (Å²) >= 11 is 0. The monoisotopic (exact) mass is 312 g/mol. The number of unbranched alkanes of at least 4 members (excludes halogenated alkanes) is 1. The van der Waals surface area contributed by atoms with Gasteiger partial charge in [-0.1, -0.05) is 50.2 Å². The van der Waals surface area contributed by atoms with E-state index >= 15 is 0 Å². The SMILES string of the molecule is C[C@H]1C[C@H](C)C[NH+](CCCCOc2cccc3ccccc23)C1. The summed E-state index contributed by atoms with van der Waals surface area (Å²) in [5, 5.41) is 2.48. The number of piperidine rings is 1. The van der Waals surface area contributed by atoms with Gasteiger partial charge in [-0.2, -0.15) is 0 Å². The van der Waals surface area contributed by atoms with E-state index < -0.39 is 0 Å². The predicted molar refractivity (Wildman–Crippen MR) is 97.2 cm³/mol. The first-order valence-corrected chi connectivity index (χ1v) is 9.16. The summed E-state index contributed by atoms with van der Waals surface area (Å²) in [6.07, 6.45) is 3.82. The van der Waals surface area contributed by atoms with Gasteiger partial charge in [0.1, 0.15) is 5.75 Å². The Bertz CT molecular complexity index is 609. The van der Waals surface area contributed by atoms with E-state index in [1.807, 2.05) is 0 Å². The number of hydrogen-bond acceptors (Lipinski definition) is 1. The van der Waals surface area contributed by atoms with Crippen molar-refractivity contribution in [3.05, 3.63) is 42.5 Å².